The molecule has 0 aliphatic heterocycles. The van der Waals surface area contributed by atoms with Gasteiger partial charge in [0.15, 0.2) is 0 Å². The summed E-state index contributed by atoms with van der Waals surface area (Å²) >= 11 is 1.57. The quantitative estimate of drug-likeness (QED) is 0.800. The zero-order chi connectivity index (χ0) is 10.8. The van der Waals surface area contributed by atoms with E-state index in [1.807, 2.05) is 32.9 Å². The largest absolute Gasteiger partial charge is 0.347 e. The predicted octanol–water partition coefficient (Wildman–Crippen LogP) is 2.84. The number of aryl methyl sites for hydroxylation is 1. The molecule has 0 saturated heterocycles. The third kappa shape index (κ3) is 3.14. The highest BCUT2D eigenvalue weighted by Crippen LogP contribution is 2.17. The minimum absolute atomic E-state index is 0.0298. The van der Waals surface area contributed by atoms with Crippen molar-refractivity contribution in [2.24, 2.45) is 0 Å². The van der Waals surface area contributed by atoms with Gasteiger partial charge in [0.05, 0.1) is 4.88 Å². The van der Waals surface area contributed by atoms with Gasteiger partial charge in [0.2, 0.25) is 0 Å². The minimum atomic E-state index is -0.159. The molecule has 0 bridgehead atoms. The first kappa shape index (κ1) is 11.2. The summed E-state index contributed by atoms with van der Waals surface area (Å²) in [5.74, 6) is 0.0298. The van der Waals surface area contributed by atoms with Crippen LogP contribution in [0.15, 0.2) is 12.1 Å². The van der Waals surface area contributed by atoms with Crippen LogP contribution in [0.1, 0.15) is 42.2 Å². The summed E-state index contributed by atoms with van der Waals surface area (Å²) in [6, 6.07) is 3.91. The van der Waals surface area contributed by atoms with Crippen LogP contribution in [-0.4, -0.2) is 11.4 Å². The van der Waals surface area contributed by atoms with E-state index in [2.05, 4.69) is 12.2 Å². The molecule has 1 heterocycles. The number of rotatable bonds is 2. The fourth-order valence-electron chi connectivity index (χ4n) is 1.09. The van der Waals surface area contributed by atoms with Crippen LogP contribution in [0, 0.1) is 0 Å². The molecule has 0 radical (unpaired) electrons. The van der Waals surface area contributed by atoms with Crippen molar-refractivity contribution < 1.29 is 4.79 Å². The Labute approximate surface area is 89.3 Å². The molecule has 0 spiro atoms. The number of hydrogen-bond acceptors (Lipinski definition) is 2. The van der Waals surface area contributed by atoms with Crippen molar-refractivity contribution >= 4 is 17.2 Å². The molecule has 3 heteroatoms. The molecule has 78 valence electrons. The zero-order valence-corrected chi connectivity index (χ0v) is 9.99. The van der Waals surface area contributed by atoms with Crippen molar-refractivity contribution in [3.05, 3.63) is 21.9 Å². The van der Waals surface area contributed by atoms with Gasteiger partial charge in [0, 0.05) is 10.4 Å². The van der Waals surface area contributed by atoms with Gasteiger partial charge in [-0.15, -0.1) is 11.3 Å². The lowest BCUT2D eigenvalue weighted by atomic mass is 10.1. The van der Waals surface area contributed by atoms with Gasteiger partial charge in [0.1, 0.15) is 0 Å². The van der Waals surface area contributed by atoms with Crippen molar-refractivity contribution in [2.75, 3.05) is 0 Å². The molecule has 1 amide bonds. The molecule has 0 aliphatic rings. The Morgan fingerprint density at radius 3 is 2.50 bits per heavy atom. The molecule has 1 aromatic rings. The Morgan fingerprint density at radius 2 is 2.07 bits per heavy atom. The molecule has 2 nitrogen and oxygen atoms in total. The van der Waals surface area contributed by atoms with Crippen molar-refractivity contribution in [2.45, 2.75) is 39.7 Å². The molecule has 0 fully saturated rings. The fourth-order valence-corrected chi connectivity index (χ4v) is 1.93. The summed E-state index contributed by atoms with van der Waals surface area (Å²) in [6.45, 7) is 8.05. The van der Waals surface area contributed by atoms with E-state index in [1.54, 1.807) is 11.3 Å². The van der Waals surface area contributed by atoms with Crippen LogP contribution < -0.4 is 5.32 Å². The van der Waals surface area contributed by atoms with Gasteiger partial charge in [0.25, 0.3) is 5.91 Å². The lowest BCUT2D eigenvalue weighted by Gasteiger charge is -2.19. The highest BCUT2D eigenvalue weighted by molar-refractivity contribution is 7.14. The van der Waals surface area contributed by atoms with E-state index in [1.165, 1.54) is 4.88 Å². The van der Waals surface area contributed by atoms with E-state index < -0.39 is 0 Å². The van der Waals surface area contributed by atoms with Gasteiger partial charge >= 0.3 is 0 Å². The molecule has 1 rings (SSSR count). The lowest BCUT2D eigenvalue weighted by Crippen LogP contribution is -2.40. The van der Waals surface area contributed by atoms with E-state index in [0.29, 0.717) is 0 Å². The van der Waals surface area contributed by atoms with Crippen LogP contribution in [0.4, 0.5) is 0 Å². The Balaban J connectivity index is 2.70. The first-order chi connectivity index (χ1) is 6.42. The normalized spacial score (nSPS) is 11.4. The third-order valence-corrected chi connectivity index (χ3v) is 2.95. The zero-order valence-electron chi connectivity index (χ0n) is 9.18. The van der Waals surface area contributed by atoms with Crippen LogP contribution in [0.2, 0.25) is 0 Å². The molecule has 0 atom stereocenters. The first-order valence-corrected chi connectivity index (χ1v) is 5.65. The number of thiophene rings is 1. The van der Waals surface area contributed by atoms with E-state index in [-0.39, 0.29) is 11.4 Å². The highest BCUT2D eigenvalue weighted by atomic mass is 32.1. The van der Waals surface area contributed by atoms with Gasteiger partial charge < -0.3 is 5.32 Å². The average Bonchev–Trinajstić information content (AvgIpc) is 2.48. The third-order valence-electron chi connectivity index (χ3n) is 1.72. The highest BCUT2D eigenvalue weighted by Gasteiger charge is 2.16. The second-order valence-electron chi connectivity index (χ2n) is 4.32. The van der Waals surface area contributed by atoms with Gasteiger partial charge in [-0.3, -0.25) is 4.79 Å². The van der Waals surface area contributed by atoms with E-state index in [4.69, 9.17) is 0 Å². The van der Waals surface area contributed by atoms with Crippen LogP contribution in [0.25, 0.3) is 0 Å². The summed E-state index contributed by atoms with van der Waals surface area (Å²) in [6.07, 6.45) is 0.994. The number of carbonyl (C=O) groups excluding carboxylic acids is 1. The Morgan fingerprint density at radius 1 is 1.43 bits per heavy atom. The maximum atomic E-state index is 11.7. The van der Waals surface area contributed by atoms with Crippen LogP contribution in [-0.2, 0) is 6.42 Å². The lowest BCUT2D eigenvalue weighted by molar-refractivity contribution is 0.0924. The van der Waals surface area contributed by atoms with Crippen molar-refractivity contribution in [1.82, 2.24) is 5.32 Å². The molecule has 0 aromatic carbocycles. The summed E-state index contributed by atoms with van der Waals surface area (Å²) in [7, 11) is 0. The number of carbonyl (C=O) groups is 1. The van der Waals surface area contributed by atoms with Gasteiger partial charge in [-0.25, -0.2) is 0 Å². The van der Waals surface area contributed by atoms with Crippen LogP contribution in [0.5, 0.6) is 0 Å². The second-order valence-corrected chi connectivity index (χ2v) is 5.49. The summed E-state index contributed by atoms with van der Waals surface area (Å²) < 4.78 is 0. The van der Waals surface area contributed by atoms with E-state index >= 15 is 0 Å². The Hall–Kier alpha value is -0.830. The van der Waals surface area contributed by atoms with Crippen molar-refractivity contribution in [1.29, 1.82) is 0 Å². The first-order valence-electron chi connectivity index (χ1n) is 4.83. The summed E-state index contributed by atoms with van der Waals surface area (Å²) in [4.78, 5) is 13.7. The second kappa shape index (κ2) is 4.13. The van der Waals surface area contributed by atoms with Gasteiger partial charge in [-0.05, 0) is 39.3 Å². The topological polar surface area (TPSA) is 29.1 Å². The Bertz CT molecular complexity index is 322. The molecule has 1 aromatic heterocycles. The molecule has 0 aliphatic carbocycles. The number of hydrogen-bond donors (Lipinski definition) is 1. The number of amides is 1. The van der Waals surface area contributed by atoms with Crippen LogP contribution in [0.3, 0.4) is 0 Å². The summed E-state index contributed by atoms with van der Waals surface area (Å²) in [5.41, 5.74) is -0.159. The molecular weight excluding hydrogens is 194 g/mol. The number of nitrogens with one attached hydrogen (secondary N) is 1. The predicted molar refractivity (Wildman–Crippen MR) is 60.9 cm³/mol. The molecular formula is C11H17NOS. The summed E-state index contributed by atoms with van der Waals surface area (Å²) in [5, 5.41) is 2.94. The smallest absolute Gasteiger partial charge is 0.261 e. The van der Waals surface area contributed by atoms with E-state index in [0.717, 1.165) is 11.3 Å². The SMILES string of the molecule is CCc1ccc(C(=O)NC(C)(C)C)s1. The van der Waals surface area contributed by atoms with Gasteiger partial charge in [-0.2, -0.15) is 0 Å². The van der Waals surface area contributed by atoms with Crippen molar-refractivity contribution in [3.8, 4) is 0 Å². The van der Waals surface area contributed by atoms with Crippen LogP contribution >= 0.6 is 11.3 Å². The standard InChI is InChI=1S/C11H17NOS/c1-5-8-6-7-9(14-8)10(13)12-11(2,3)4/h6-7H,5H2,1-4H3,(H,12,13). The molecule has 14 heavy (non-hydrogen) atoms. The van der Waals surface area contributed by atoms with E-state index in [9.17, 15) is 4.79 Å². The van der Waals surface area contributed by atoms with Crippen molar-refractivity contribution in [3.63, 3.8) is 0 Å². The van der Waals surface area contributed by atoms with Gasteiger partial charge in [-0.1, -0.05) is 6.92 Å². The maximum absolute atomic E-state index is 11.7. The maximum Gasteiger partial charge on any atom is 0.261 e. The fraction of sp³-hybridized carbons (Fsp3) is 0.545. The molecule has 0 saturated carbocycles. The molecule has 0 unspecified atom stereocenters. The molecule has 1 N–H and O–H groups in total. The monoisotopic (exact) mass is 211 g/mol. The average molecular weight is 211 g/mol. The minimum Gasteiger partial charge on any atom is -0.347 e. The Kier molecular flexibility index (Phi) is 3.32.